The second-order valence-corrected chi connectivity index (χ2v) is 5.79. The van der Waals surface area contributed by atoms with Gasteiger partial charge in [0, 0.05) is 19.2 Å². The molecule has 0 aliphatic heterocycles. The minimum atomic E-state index is 0.349. The zero-order valence-corrected chi connectivity index (χ0v) is 11.6. The first-order valence-electron chi connectivity index (χ1n) is 7.09. The minimum absolute atomic E-state index is 0.349. The van der Waals surface area contributed by atoms with Crippen LogP contribution in [0.15, 0.2) is 18.2 Å². The molecule has 100 valence electrons. The second kappa shape index (κ2) is 6.35. The van der Waals surface area contributed by atoms with E-state index in [0.717, 1.165) is 13.0 Å². The van der Waals surface area contributed by atoms with Crippen molar-refractivity contribution in [2.45, 2.75) is 52.1 Å². The smallest absolute Gasteiger partial charge is 0.0459 e. The van der Waals surface area contributed by atoms with E-state index >= 15 is 0 Å². The Bertz CT molecular complexity index is 368. The molecule has 0 amide bonds. The van der Waals surface area contributed by atoms with Crippen LogP contribution >= 0.6 is 0 Å². The summed E-state index contributed by atoms with van der Waals surface area (Å²) in [6.07, 6.45) is 4.82. The quantitative estimate of drug-likeness (QED) is 0.857. The molecular formula is C16H25NO. The van der Waals surface area contributed by atoms with E-state index < -0.39 is 0 Å². The summed E-state index contributed by atoms with van der Waals surface area (Å²) in [4.78, 5) is 0. The van der Waals surface area contributed by atoms with Gasteiger partial charge in [-0.3, -0.25) is 0 Å². The second-order valence-electron chi connectivity index (χ2n) is 5.79. The molecule has 2 heteroatoms. The Labute approximate surface area is 110 Å². The van der Waals surface area contributed by atoms with Gasteiger partial charge in [0.15, 0.2) is 0 Å². The molecular weight excluding hydrogens is 222 g/mol. The monoisotopic (exact) mass is 247 g/mol. The van der Waals surface area contributed by atoms with Crippen molar-refractivity contribution in [2.24, 2.45) is 5.92 Å². The molecule has 1 aliphatic carbocycles. The summed E-state index contributed by atoms with van der Waals surface area (Å²) in [5, 5.41) is 12.9. The molecule has 0 aromatic heterocycles. The molecule has 0 bridgehead atoms. The molecule has 1 aliphatic rings. The van der Waals surface area contributed by atoms with Gasteiger partial charge in [0.25, 0.3) is 0 Å². The molecule has 2 N–H and O–H groups in total. The van der Waals surface area contributed by atoms with Crippen LogP contribution in [0, 0.1) is 19.8 Å². The van der Waals surface area contributed by atoms with E-state index in [-0.39, 0.29) is 0 Å². The summed E-state index contributed by atoms with van der Waals surface area (Å²) in [7, 11) is 0. The number of aliphatic hydroxyl groups excluding tert-OH is 1. The molecule has 2 unspecified atom stereocenters. The zero-order valence-electron chi connectivity index (χ0n) is 11.6. The van der Waals surface area contributed by atoms with Crippen LogP contribution in [0.2, 0.25) is 0 Å². The predicted octanol–water partition coefficient (Wildman–Crippen LogP) is 2.94. The van der Waals surface area contributed by atoms with Crippen LogP contribution in [0.5, 0.6) is 0 Å². The molecule has 0 spiro atoms. The number of hydrogen-bond acceptors (Lipinski definition) is 2. The minimum Gasteiger partial charge on any atom is -0.396 e. The van der Waals surface area contributed by atoms with Gasteiger partial charge in [-0.15, -0.1) is 0 Å². The van der Waals surface area contributed by atoms with Crippen molar-refractivity contribution in [3.8, 4) is 0 Å². The van der Waals surface area contributed by atoms with E-state index in [0.29, 0.717) is 18.6 Å². The summed E-state index contributed by atoms with van der Waals surface area (Å²) >= 11 is 0. The summed E-state index contributed by atoms with van der Waals surface area (Å²) in [5.74, 6) is 0.510. The van der Waals surface area contributed by atoms with E-state index in [1.807, 2.05) is 0 Å². The van der Waals surface area contributed by atoms with Crippen molar-refractivity contribution in [3.63, 3.8) is 0 Å². The lowest BCUT2D eigenvalue weighted by Gasteiger charge is -2.28. The summed E-state index contributed by atoms with van der Waals surface area (Å²) in [6.45, 7) is 5.60. The summed E-state index contributed by atoms with van der Waals surface area (Å²) in [6, 6.07) is 7.31. The van der Waals surface area contributed by atoms with Gasteiger partial charge in [-0.2, -0.15) is 0 Å². The van der Waals surface area contributed by atoms with Crippen LogP contribution in [-0.2, 0) is 6.54 Å². The lowest BCUT2D eigenvalue weighted by molar-refractivity contribution is 0.170. The highest BCUT2D eigenvalue weighted by Crippen LogP contribution is 2.24. The third-order valence-corrected chi connectivity index (χ3v) is 3.92. The van der Waals surface area contributed by atoms with Gasteiger partial charge in [0.1, 0.15) is 0 Å². The first kappa shape index (κ1) is 13.6. The largest absolute Gasteiger partial charge is 0.396 e. The normalized spacial score (nSPS) is 24.2. The number of nitrogens with one attached hydrogen (secondary N) is 1. The maximum Gasteiger partial charge on any atom is 0.0459 e. The molecule has 1 saturated carbocycles. The fraction of sp³-hybridized carbons (Fsp3) is 0.625. The van der Waals surface area contributed by atoms with Gasteiger partial charge in [-0.05, 0) is 44.6 Å². The lowest BCUT2D eigenvalue weighted by atomic mass is 9.86. The average Bonchev–Trinajstić information content (AvgIpc) is 2.35. The Morgan fingerprint density at radius 1 is 1.17 bits per heavy atom. The third-order valence-electron chi connectivity index (χ3n) is 3.92. The molecule has 2 nitrogen and oxygen atoms in total. The van der Waals surface area contributed by atoms with Gasteiger partial charge in [0.05, 0.1) is 0 Å². The highest BCUT2D eigenvalue weighted by molar-refractivity contribution is 5.28. The van der Waals surface area contributed by atoms with Gasteiger partial charge in [-0.25, -0.2) is 0 Å². The molecule has 1 aromatic rings. The van der Waals surface area contributed by atoms with Crippen molar-refractivity contribution < 1.29 is 5.11 Å². The third kappa shape index (κ3) is 3.82. The lowest BCUT2D eigenvalue weighted by Crippen LogP contribution is -2.34. The predicted molar refractivity (Wildman–Crippen MR) is 75.6 cm³/mol. The molecule has 0 radical (unpaired) electrons. The first-order valence-corrected chi connectivity index (χ1v) is 7.09. The molecule has 2 atom stereocenters. The van der Waals surface area contributed by atoms with Crippen LogP contribution in [0.4, 0.5) is 0 Å². The number of aryl methyl sites for hydroxylation is 2. The number of hydrogen-bond donors (Lipinski definition) is 2. The van der Waals surface area contributed by atoms with Crippen LogP contribution in [0.25, 0.3) is 0 Å². The molecule has 0 saturated heterocycles. The Kier molecular flexibility index (Phi) is 4.79. The fourth-order valence-electron chi connectivity index (χ4n) is 3.08. The Hall–Kier alpha value is -0.860. The fourth-order valence-corrected chi connectivity index (χ4v) is 3.08. The number of rotatable bonds is 4. The Balaban J connectivity index is 1.87. The first-order chi connectivity index (χ1) is 8.67. The maximum atomic E-state index is 9.24. The highest BCUT2D eigenvalue weighted by Gasteiger charge is 2.20. The topological polar surface area (TPSA) is 32.3 Å². The standard InChI is InChI=1S/C16H25NO/c1-12-6-13(2)8-15(7-12)10-17-16-5-3-4-14(9-16)11-18/h6-8,14,16-18H,3-5,9-11H2,1-2H3. The van der Waals surface area contributed by atoms with Crippen molar-refractivity contribution >= 4 is 0 Å². The van der Waals surface area contributed by atoms with Crippen LogP contribution in [0.1, 0.15) is 42.4 Å². The van der Waals surface area contributed by atoms with Crippen LogP contribution in [-0.4, -0.2) is 17.8 Å². The highest BCUT2D eigenvalue weighted by atomic mass is 16.3. The number of benzene rings is 1. The van der Waals surface area contributed by atoms with Gasteiger partial charge in [0.2, 0.25) is 0 Å². The van der Waals surface area contributed by atoms with Crippen molar-refractivity contribution in [1.29, 1.82) is 0 Å². The maximum absolute atomic E-state index is 9.24. The van der Waals surface area contributed by atoms with Crippen molar-refractivity contribution in [3.05, 3.63) is 34.9 Å². The van der Waals surface area contributed by atoms with Gasteiger partial charge >= 0.3 is 0 Å². The van der Waals surface area contributed by atoms with Gasteiger partial charge in [-0.1, -0.05) is 35.7 Å². The SMILES string of the molecule is Cc1cc(C)cc(CNC2CCCC(CO)C2)c1. The van der Waals surface area contributed by atoms with E-state index in [1.54, 1.807) is 0 Å². The van der Waals surface area contributed by atoms with E-state index in [2.05, 4.69) is 37.4 Å². The summed E-state index contributed by atoms with van der Waals surface area (Å²) in [5.41, 5.74) is 4.05. The van der Waals surface area contributed by atoms with E-state index in [9.17, 15) is 5.11 Å². The molecule has 1 fully saturated rings. The zero-order chi connectivity index (χ0) is 13.0. The van der Waals surface area contributed by atoms with Crippen LogP contribution < -0.4 is 5.32 Å². The molecule has 0 heterocycles. The molecule has 18 heavy (non-hydrogen) atoms. The summed E-state index contributed by atoms with van der Waals surface area (Å²) < 4.78 is 0. The van der Waals surface area contributed by atoms with Crippen molar-refractivity contribution in [1.82, 2.24) is 5.32 Å². The van der Waals surface area contributed by atoms with Crippen LogP contribution in [0.3, 0.4) is 0 Å². The molecule has 1 aromatic carbocycles. The Morgan fingerprint density at radius 3 is 2.56 bits per heavy atom. The van der Waals surface area contributed by atoms with E-state index in [1.165, 1.54) is 36.0 Å². The average molecular weight is 247 g/mol. The Morgan fingerprint density at radius 2 is 1.89 bits per heavy atom. The van der Waals surface area contributed by atoms with E-state index in [4.69, 9.17) is 0 Å². The van der Waals surface area contributed by atoms with Gasteiger partial charge < -0.3 is 10.4 Å². The molecule has 2 rings (SSSR count). The van der Waals surface area contributed by atoms with Crippen molar-refractivity contribution in [2.75, 3.05) is 6.61 Å². The number of aliphatic hydroxyl groups is 1.